The molecule has 1 aliphatic rings. The van der Waals surface area contributed by atoms with Crippen molar-refractivity contribution < 1.29 is 9.53 Å². The summed E-state index contributed by atoms with van der Waals surface area (Å²) in [5.74, 6) is 3.26. The number of hydrogen-bond donors (Lipinski definition) is 0. The Balaban J connectivity index is 1.50. The largest absolute Gasteiger partial charge is 0.484 e. The van der Waals surface area contributed by atoms with Crippen LogP contribution >= 0.6 is 34.9 Å². The molecule has 1 aliphatic heterocycles. The van der Waals surface area contributed by atoms with Gasteiger partial charge in [0.25, 0.3) is 5.91 Å². The van der Waals surface area contributed by atoms with E-state index in [1.165, 1.54) is 28.4 Å². The number of thiophene rings is 1. The Morgan fingerprint density at radius 3 is 2.60 bits per heavy atom. The fraction of sp³-hybridized carbons (Fsp3) is 0.421. The molecule has 3 rings (SSSR count). The molecule has 0 bridgehead atoms. The monoisotopic (exact) mass is 393 g/mol. The van der Waals surface area contributed by atoms with Crippen molar-refractivity contribution in [3.05, 3.63) is 52.2 Å². The van der Waals surface area contributed by atoms with Crippen LogP contribution in [0.3, 0.4) is 0 Å². The highest BCUT2D eigenvalue weighted by atomic mass is 32.2. The van der Waals surface area contributed by atoms with Crippen LogP contribution in [0.1, 0.15) is 28.4 Å². The summed E-state index contributed by atoms with van der Waals surface area (Å²) in [6.07, 6.45) is 1.30. The Kier molecular flexibility index (Phi) is 7.13. The molecule has 0 aliphatic carbocycles. The number of thioether (sulfide) groups is 2. The number of rotatable bonds is 7. The van der Waals surface area contributed by atoms with E-state index in [1.54, 1.807) is 11.3 Å². The topological polar surface area (TPSA) is 29.5 Å². The lowest BCUT2D eigenvalue weighted by Gasteiger charge is -2.22. The molecular formula is C19H23NO2S3. The highest BCUT2D eigenvalue weighted by molar-refractivity contribution is 8.16. The third kappa shape index (κ3) is 5.43. The van der Waals surface area contributed by atoms with Gasteiger partial charge >= 0.3 is 0 Å². The number of benzene rings is 1. The smallest absolute Gasteiger partial charge is 0.260 e. The standard InChI is InChI=1S/C19H23NO2S3/c1-2-20(13-17-5-3-10-23-17)18(21)14-22-16-8-6-15(7-9-16)19-24-11-4-12-25-19/h3,5-10,19H,2,4,11-14H2,1H3. The number of carbonyl (C=O) groups is 1. The van der Waals surface area contributed by atoms with Crippen LogP contribution in [0.4, 0.5) is 0 Å². The molecular weight excluding hydrogens is 370 g/mol. The van der Waals surface area contributed by atoms with Gasteiger partial charge in [0.2, 0.25) is 0 Å². The van der Waals surface area contributed by atoms with E-state index in [0.29, 0.717) is 17.7 Å². The van der Waals surface area contributed by atoms with E-state index in [0.717, 1.165) is 5.75 Å². The Morgan fingerprint density at radius 2 is 1.96 bits per heavy atom. The second-order valence-corrected chi connectivity index (χ2v) is 9.53. The highest BCUT2D eigenvalue weighted by Gasteiger charge is 2.17. The van der Waals surface area contributed by atoms with E-state index >= 15 is 0 Å². The van der Waals surface area contributed by atoms with E-state index in [1.807, 2.05) is 58.9 Å². The van der Waals surface area contributed by atoms with Crippen molar-refractivity contribution in [1.29, 1.82) is 0 Å². The molecule has 0 spiro atoms. The molecule has 0 radical (unpaired) electrons. The molecule has 2 heterocycles. The summed E-state index contributed by atoms with van der Waals surface area (Å²) < 4.78 is 6.24. The zero-order valence-corrected chi connectivity index (χ0v) is 16.8. The van der Waals surface area contributed by atoms with E-state index in [4.69, 9.17) is 4.74 Å². The van der Waals surface area contributed by atoms with Crippen LogP contribution in [0.15, 0.2) is 41.8 Å². The van der Waals surface area contributed by atoms with Crippen molar-refractivity contribution in [1.82, 2.24) is 4.90 Å². The Labute approximate surface area is 162 Å². The fourth-order valence-electron chi connectivity index (χ4n) is 2.60. The summed E-state index contributed by atoms with van der Waals surface area (Å²) >= 11 is 5.70. The normalized spacial score (nSPS) is 15.1. The quantitative estimate of drug-likeness (QED) is 0.659. The predicted octanol–water partition coefficient (Wildman–Crippen LogP) is 5.04. The van der Waals surface area contributed by atoms with Crippen molar-refractivity contribution in [2.24, 2.45) is 0 Å². The SMILES string of the molecule is CCN(Cc1cccs1)C(=O)COc1ccc(C2SCCCS2)cc1. The maximum Gasteiger partial charge on any atom is 0.260 e. The molecule has 0 unspecified atom stereocenters. The molecule has 1 amide bonds. The van der Waals surface area contributed by atoms with Gasteiger partial charge in [0.05, 0.1) is 11.1 Å². The third-order valence-electron chi connectivity index (χ3n) is 4.00. The van der Waals surface area contributed by atoms with Gasteiger partial charge < -0.3 is 9.64 Å². The number of hydrogen-bond acceptors (Lipinski definition) is 5. The summed E-state index contributed by atoms with van der Waals surface area (Å²) in [5.41, 5.74) is 1.33. The zero-order chi connectivity index (χ0) is 17.5. The van der Waals surface area contributed by atoms with Crippen molar-refractivity contribution in [3.8, 4) is 5.75 Å². The molecule has 0 saturated carbocycles. The molecule has 0 atom stereocenters. The molecule has 1 fully saturated rings. The summed E-state index contributed by atoms with van der Waals surface area (Å²) in [6, 6.07) is 12.3. The van der Waals surface area contributed by atoms with Gasteiger partial charge in [0.15, 0.2) is 6.61 Å². The summed E-state index contributed by atoms with van der Waals surface area (Å²) in [4.78, 5) is 15.4. The molecule has 1 aromatic heterocycles. The van der Waals surface area contributed by atoms with Crippen molar-refractivity contribution >= 4 is 40.8 Å². The zero-order valence-electron chi connectivity index (χ0n) is 14.3. The lowest BCUT2D eigenvalue weighted by molar-refractivity contribution is -0.133. The molecule has 6 heteroatoms. The Morgan fingerprint density at radius 1 is 1.20 bits per heavy atom. The van der Waals surface area contributed by atoms with Gasteiger partial charge in [-0.1, -0.05) is 18.2 Å². The number of nitrogens with zero attached hydrogens (tertiary/aromatic N) is 1. The van der Waals surface area contributed by atoms with Gasteiger partial charge in [-0.3, -0.25) is 4.79 Å². The fourth-order valence-corrected chi connectivity index (χ4v) is 6.22. The van der Waals surface area contributed by atoms with E-state index < -0.39 is 0 Å². The summed E-state index contributed by atoms with van der Waals surface area (Å²) in [5, 5.41) is 2.04. The molecule has 0 N–H and O–H groups in total. The minimum Gasteiger partial charge on any atom is -0.484 e. The van der Waals surface area contributed by atoms with E-state index in [-0.39, 0.29) is 12.5 Å². The van der Waals surface area contributed by atoms with Gasteiger partial charge in [-0.25, -0.2) is 0 Å². The van der Waals surface area contributed by atoms with Crippen LogP contribution in [0, 0.1) is 0 Å². The number of ether oxygens (including phenoxy) is 1. The van der Waals surface area contributed by atoms with Gasteiger partial charge in [-0.2, -0.15) is 0 Å². The maximum absolute atomic E-state index is 12.4. The second kappa shape index (κ2) is 9.55. The predicted molar refractivity (Wildman–Crippen MR) is 110 cm³/mol. The maximum atomic E-state index is 12.4. The van der Waals surface area contributed by atoms with Gasteiger partial charge in [0, 0.05) is 11.4 Å². The lowest BCUT2D eigenvalue weighted by Crippen LogP contribution is -2.34. The van der Waals surface area contributed by atoms with Gasteiger partial charge in [-0.05, 0) is 54.0 Å². The highest BCUT2D eigenvalue weighted by Crippen LogP contribution is 2.43. The van der Waals surface area contributed by atoms with Crippen molar-refractivity contribution in [2.75, 3.05) is 24.7 Å². The number of likely N-dealkylation sites (N-methyl/N-ethyl adjacent to an activating group) is 1. The van der Waals surface area contributed by atoms with Gasteiger partial charge in [-0.15, -0.1) is 34.9 Å². The molecule has 1 saturated heterocycles. The van der Waals surface area contributed by atoms with Crippen LogP contribution in [-0.2, 0) is 11.3 Å². The second-order valence-electron chi connectivity index (χ2n) is 5.77. The molecule has 25 heavy (non-hydrogen) atoms. The number of amides is 1. The first-order valence-electron chi connectivity index (χ1n) is 8.52. The van der Waals surface area contributed by atoms with Gasteiger partial charge in [0.1, 0.15) is 5.75 Å². The van der Waals surface area contributed by atoms with Crippen molar-refractivity contribution in [2.45, 2.75) is 24.5 Å². The Bertz CT molecular complexity index is 652. The van der Waals surface area contributed by atoms with Crippen LogP contribution < -0.4 is 4.74 Å². The Hall–Kier alpha value is -1.11. The van der Waals surface area contributed by atoms with E-state index in [9.17, 15) is 4.79 Å². The summed E-state index contributed by atoms with van der Waals surface area (Å²) in [6.45, 7) is 3.44. The van der Waals surface area contributed by atoms with E-state index in [2.05, 4.69) is 18.2 Å². The molecule has 2 aromatic rings. The number of carbonyl (C=O) groups excluding carboxylic acids is 1. The van der Waals surface area contributed by atoms with Crippen LogP contribution in [0.2, 0.25) is 0 Å². The minimum atomic E-state index is 0.0263. The summed E-state index contributed by atoms with van der Waals surface area (Å²) in [7, 11) is 0. The minimum absolute atomic E-state index is 0.0263. The first-order valence-corrected chi connectivity index (χ1v) is 11.5. The average molecular weight is 394 g/mol. The molecule has 3 nitrogen and oxygen atoms in total. The van der Waals surface area contributed by atoms with Crippen molar-refractivity contribution in [3.63, 3.8) is 0 Å². The lowest BCUT2D eigenvalue weighted by atomic mass is 10.2. The molecule has 1 aromatic carbocycles. The van der Waals surface area contributed by atoms with Crippen LogP contribution in [0.25, 0.3) is 0 Å². The first kappa shape index (κ1) is 18.7. The molecule has 134 valence electrons. The first-order chi connectivity index (χ1) is 12.3. The average Bonchev–Trinajstić information content (AvgIpc) is 3.18. The third-order valence-corrected chi connectivity index (χ3v) is 7.88. The van der Waals surface area contributed by atoms with Crippen LogP contribution in [0.5, 0.6) is 5.75 Å². The van der Waals surface area contributed by atoms with Crippen LogP contribution in [-0.4, -0.2) is 35.5 Å².